The van der Waals surface area contributed by atoms with E-state index in [0.29, 0.717) is 47.1 Å². The number of nitrogens with zero attached hydrogens (tertiary/aromatic N) is 6. The third-order valence-electron chi connectivity index (χ3n) is 6.46. The smallest absolute Gasteiger partial charge is 0.196 e. The van der Waals surface area contributed by atoms with Gasteiger partial charge in [0.2, 0.25) is 0 Å². The number of nitrogens with two attached hydrogens (primary N) is 1. The molecule has 4 aromatic rings. The molecule has 6 heterocycles. The quantitative estimate of drug-likeness (QED) is 0.297. The molecule has 4 N–H and O–H groups in total. The SMILES string of the molecule is CCc1[nH]c2nc(Sc3cnc4c(NCC5OCCO5)nc(C)nc4c3)nc(N3CCC(N)C3)c2c1Cl. The summed E-state index contributed by atoms with van der Waals surface area (Å²) in [4.78, 5) is 30.0. The molecule has 0 radical (unpaired) electrons. The molecule has 0 spiro atoms. The molecule has 1 atom stereocenters. The predicted molar refractivity (Wildman–Crippen MR) is 143 cm³/mol. The summed E-state index contributed by atoms with van der Waals surface area (Å²) in [6, 6.07) is 2.10. The van der Waals surface area contributed by atoms with Crippen LogP contribution in [0.1, 0.15) is 24.9 Å². The third-order valence-corrected chi connectivity index (χ3v) is 7.70. The molecule has 0 amide bonds. The average Bonchev–Trinajstić information content (AvgIpc) is 3.62. The molecular weight excluding hydrogens is 514 g/mol. The van der Waals surface area contributed by atoms with Gasteiger partial charge in [0, 0.05) is 35.9 Å². The summed E-state index contributed by atoms with van der Waals surface area (Å²) in [5.41, 5.74) is 9.29. The van der Waals surface area contributed by atoms with Gasteiger partial charge in [0.1, 0.15) is 22.8 Å². The number of aromatic nitrogens is 6. The van der Waals surface area contributed by atoms with Gasteiger partial charge in [-0.1, -0.05) is 18.5 Å². The average molecular weight is 542 g/mol. The van der Waals surface area contributed by atoms with Crippen LogP contribution in [0.15, 0.2) is 22.3 Å². The highest BCUT2D eigenvalue weighted by Gasteiger charge is 2.26. The summed E-state index contributed by atoms with van der Waals surface area (Å²) < 4.78 is 11.0. The van der Waals surface area contributed by atoms with E-state index in [4.69, 9.17) is 36.8 Å². The van der Waals surface area contributed by atoms with Crippen molar-refractivity contribution >= 4 is 57.1 Å². The first-order valence-corrected chi connectivity index (χ1v) is 13.6. The second-order valence-electron chi connectivity index (χ2n) is 9.13. The first kappa shape index (κ1) is 24.6. The van der Waals surface area contributed by atoms with E-state index in [1.54, 1.807) is 6.20 Å². The van der Waals surface area contributed by atoms with E-state index in [1.165, 1.54) is 11.8 Å². The number of fused-ring (bicyclic) bond motifs is 2. The molecule has 0 saturated carbocycles. The van der Waals surface area contributed by atoms with Crippen LogP contribution in [0.2, 0.25) is 5.02 Å². The number of pyridine rings is 1. The Kier molecular flexibility index (Phi) is 6.76. The maximum Gasteiger partial charge on any atom is 0.196 e. The van der Waals surface area contributed by atoms with E-state index >= 15 is 0 Å². The van der Waals surface area contributed by atoms with Crippen molar-refractivity contribution in [2.45, 2.75) is 49.1 Å². The lowest BCUT2D eigenvalue weighted by atomic mass is 10.3. The van der Waals surface area contributed by atoms with Crippen LogP contribution in [-0.2, 0) is 15.9 Å². The Morgan fingerprint density at radius 2 is 2.08 bits per heavy atom. The summed E-state index contributed by atoms with van der Waals surface area (Å²) >= 11 is 8.16. The molecule has 0 aliphatic carbocycles. The van der Waals surface area contributed by atoms with Crippen molar-refractivity contribution in [3.8, 4) is 0 Å². The fraction of sp³-hybridized carbons (Fsp3) is 0.458. The molecular formula is C24H28ClN9O2S. The standard InChI is InChI=1S/C24H28ClN9O2S/c1-3-15-19(25)18-21(31-15)32-24(33-23(18)34-5-4-13(26)11-34)37-14-8-16-20(27-9-14)22(30-12(2)29-16)28-10-17-35-6-7-36-17/h8-9,13,17H,3-7,10-11,26H2,1-2H3,(H,28,29,30)(H,31,32,33). The minimum atomic E-state index is -0.290. The van der Waals surface area contributed by atoms with E-state index in [1.807, 2.05) is 13.0 Å². The van der Waals surface area contributed by atoms with Crippen LogP contribution >= 0.6 is 23.4 Å². The van der Waals surface area contributed by atoms with Crippen LogP contribution < -0.4 is 16.0 Å². The van der Waals surface area contributed by atoms with Crippen LogP contribution in [0.4, 0.5) is 11.6 Å². The summed E-state index contributed by atoms with van der Waals surface area (Å²) in [6.45, 7) is 7.18. The van der Waals surface area contributed by atoms with E-state index in [-0.39, 0.29) is 12.3 Å². The highest BCUT2D eigenvalue weighted by Crippen LogP contribution is 2.38. The summed E-state index contributed by atoms with van der Waals surface area (Å²) in [5, 5.41) is 5.42. The van der Waals surface area contributed by atoms with E-state index in [9.17, 15) is 0 Å². The molecule has 4 aromatic heterocycles. The second kappa shape index (κ2) is 10.2. The predicted octanol–water partition coefficient (Wildman–Crippen LogP) is 3.29. The highest BCUT2D eigenvalue weighted by molar-refractivity contribution is 7.99. The van der Waals surface area contributed by atoms with E-state index < -0.39 is 0 Å². The molecule has 2 saturated heterocycles. The van der Waals surface area contributed by atoms with Crippen LogP contribution in [0.25, 0.3) is 22.1 Å². The van der Waals surface area contributed by atoms with E-state index in [0.717, 1.165) is 58.9 Å². The molecule has 2 fully saturated rings. The normalized spacial score (nSPS) is 18.5. The molecule has 1 unspecified atom stereocenters. The zero-order chi connectivity index (χ0) is 25.5. The zero-order valence-corrected chi connectivity index (χ0v) is 22.2. The lowest BCUT2D eigenvalue weighted by Gasteiger charge is -2.18. The fourth-order valence-electron chi connectivity index (χ4n) is 4.67. The molecule has 2 aliphatic heterocycles. The monoisotopic (exact) mass is 541 g/mol. The molecule has 0 bridgehead atoms. The number of ether oxygens (including phenoxy) is 2. The van der Waals surface area contributed by atoms with Crippen LogP contribution in [0, 0.1) is 6.92 Å². The maximum absolute atomic E-state index is 6.73. The number of H-pyrrole nitrogens is 1. The molecule has 0 aromatic carbocycles. The maximum atomic E-state index is 6.73. The van der Waals surface area contributed by atoms with Gasteiger partial charge in [-0.2, -0.15) is 0 Å². The Labute approximate surface area is 222 Å². The fourth-order valence-corrected chi connectivity index (χ4v) is 5.78. The van der Waals surface area contributed by atoms with Gasteiger partial charge < -0.3 is 30.4 Å². The number of halogens is 1. The molecule has 2 aliphatic rings. The Hall–Kier alpha value is -2.77. The molecule has 13 heteroatoms. The van der Waals surface area contributed by atoms with Crippen LogP contribution in [0.3, 0.4) is 0 Å². The van der Waals surface area contributed by atoms with Crippen molar-refractivity contribution in [1.29, 1.82) is 0 Å². The second-order valence-corrected chi connectivity index (χ2v) is 10.6. The summed E-state index contributed by atoms with van der Waals surface area (Å²) in [5.74, 6) is 2.11. The Balaban J connectivity index is 1.33. The minimum Gasteiger partial charge on any atom is -0.363 e. The Morgan fingerprint density at radius 3 is 2.84 bits per heavy atom. The Bertz CT molecular complexity index is 1460. The van der Waals surface area contributed by atoms with Crippen LogP contribution in [0.5, 0.6) is 0 Å². The third kappa shape index (κ3) is 4.91. The van der Waals surface area contributed by atoms with Crippen LogP contribution in [-0.4, -0.2) is 75.1 Å². The molecule has 194 valence electrons. The number of anilines is 2. The van der Waals surface area contributed by atoms with Crippen molar-refractivity contribution in [2.24, 2.45) is 5.73 Å². The number of nitrogens with one attached hydrogen (secondary N) is 2. The lowest BCUT2D eigenvalue weighted by molar-refractivity contribution is -0.0299. The van der Waals surface area contributed by atoms with Gasteiger partial charge in [0.05, 0.1) is 35.7 Å². The number of aryl methyl sites for hydroxylation is 2. The first-order valence-electron chi connectivity index (χ1n) is 12.4. The van der Waals surface area contributed by atoms with Gasteiger partial charge in [-0.15, -0.1) is 0 Å². The van der Waals surface area contributed by atoms with Crippen molar-refractivity contribution in [2.75, 3.05) is 43.1 Å². The summed E-state index contributed by atoms with van der Waals surface area (Å²) in [6.07, 6.45) is 3.19. The molecule has 37 heavy (non-hydrogen) atoms. The number of hydrogen-bond acceptors (Lipinski definition) is 11. The van der Waals surface area contributed by atoms with Gasteiger partial charge in [-0.3, -0.25) is 0 Å². The zero-order valence-electron chi connectivity index (χ0n) is 20.6. The van der Waals surface area contributed by atoms with Crippen molar-refractivity contribution in [3.05, 3.63) is 28.8 Å². The van der Waals surface area contributed by atoms with Crippen molar-refractivity contribution in [3.63, 3.8) is 0 Å². The van der Waals surface area contributed by atoms with Gasteiger partial charge in [0.25, 0.3) is 0 Å². The lowest BCUT2D eigenvalue weighted by Crippen LogP contribution is -2.27. The summed E-state index contributed by atoms with van der Waals surface area (Å²) in [7, 11) is 0. The van der Waals surface area contributed by atoms with Gasteiger partial charge in [-0.25, -0.2) is 24.9 Å². The molecule has 11 nitrogen and oxygen atoms in total. The van der Waals surface area contributed by atoms with Crippen molar-refractivity contribution in [1.82, 2.24) is 29.9 Å². The highest BCUT2D eigenvalue weighted by atomic mass is 35.5. The number of hydrogen-bond donors (Lipinski definition) is 3. The minimum absolute atomic E-state index is 0.117. The van der Waals surface area contributed by atoms with Gasteiger partial charge in [0.15, 0.2) is 17.3 Å². The van der Waals surface area contributed by atoms with Gasteiger partial charge >= 0.3 is 0 Å². The van der Waals surface area contributed by atoms with E-state index in [2.05, 4.69) is 37.1 Å². The first-order chi connectivity index (χ1) is 18.0. The van der Waals surface area contributed by atoms with Gasteiger partial charge in [-0.05, 0) is 37.6 Å². The molecule has 6 rings (SSSR count). The largest absolute Gasteiger partial charge is 0.363 e. The van der Waals surface area contributed by atoms with Crippen molar-refractivity contribution < 1.29 is 9.47 Å². The Morgan fingerprint density at radius 1 is 1.24 bits per heavy atom. The number of rotatable bonds is 7. The topological polar surface area (TPSA) is 140 Å². The number of aromatic amines is 1.